The molecule has 0 aromatic carbocycles. The lowest BCUT2D eigenvalue weighted by Crippen LogP contribution is -2.30. The number of hydrogen-bond donors (Lipinski definition) is 0. The fraction of sp³-hybridized carbons (Fsp3) is 0.259. The molecule has 4 rings (SSSR count). The Labute approximate surface area is 243 Å². The van der Waals surface area contributed by atoms with Crippen molar-refractivity contribution >= 4 is 69.1 Å². The first-order chi connectivity index (χ1) is 18.5. The van der Waals surface area contributed by atoms with Crippen molar-refractivity contribution in [3.63, 3.8) is 0 Å². The maximum Gasteiger partial charge on any atom is 0.534 e. The second-order valence-electron chi connectivity index (χ2n) is 8.56. The average Bonchev–Trinajstić information content (AvgIpc) is 3.71. The molecule has 4 heterocycles. The van der Waals surface area contributed by atoms with E-state index < -0.39 is 29.5 Å². The molecule has 0 saturated heterocycles. The summed E-state index contributed by atoms with van der Waals surface area (Å²) in [6.07, 6.45) is 0. The van der Waals surface area contributed by atoms with Gasteiger partial charge in [-0.2, -0.15) is 21.6 Å². The smallest absolute Gasteiger partial charge is 0.366 e. The third-order valence-corrected chi connectivity index (χ3v) is 16.4. The molecule has 4 aromatic rings. The van der Waals surface area contributed by atoms with E-state index in [9.17, 15) is 21.6 Å². The highest BCUT2D eigenvalue weighted by molar-refractivity contribution is 7.87. The van der Waals surface area contributed by atoms with Gasteiger partial charge in [0.25, 0.3) is 0 Å². The van der Waals surface area contributed by atoms with Crippen molar-refractivity contribution in [1.82, 2.24) is 0 Å². The molecule has 0 atom stereocenters. The van der Waals surface area contributed by atoms with E-state index in [0.29, 0.717) is 9.75 Å². The third-order valence-electron chi connectivity index (χ3n) is 6.41. The average molecular weight is 643 g/mol. The van der Waals surface area contributed by atoms with Crippen LogP contribution in [0.5, 0.6) is 0 Å². The van der Waals surface area contributed by atoms with Crippen molar-refractivity contribution in [3.05, 3.63) is 74.8 Å². The highest BCUT2D eigenvalue weighted by Crippen LogP contribution is 2.43. The van der Waals surface area contributed by atoms with E-state index in [2.05, 4.69) is 11.5 Å². The number of alkyl halides is 3. The van der Waals surface area contributed by atoms with E-state index in [1.54, 1.807) is 34.8 Å². The Morgan fingerprint density at radius 3 is 1.69 bits per heavy atom. The van der Waals surface area contributed by atoms with Gasteiger partial charge in [-0.1, -0.05) is 32.9 Å². The molecular weight excluding hydrogens is 618 g/mol. The first kappa shape index (κ1) is 29.8. The van der Waals surface area contributed by atoms with E-state index in [4.69, 9.17) is 4.18 Å². The Morgan fingerprint density at radius 2 is 1.31 bits per heavy atom. The minimum Gasteiger partial charge on any atom is -0.366 e. The lowest BCUT2D eigenvalue weighted by Gasteiger charge is -2.20. The predicted molar refractivity (Wildman–Crippen MR) is 162 cm³/mol. The molecule has 206 valence electrons. The van der Waals surface area contributed by atoms with Crippen molar-refractivity contribution in [2.75, 3.05) is 0 Å². The van der Waals surface area contributed by atoms with Crippen molar-refractivity contribution in [2.45, 2.75) is 44.4 Å². The molecule has 0 fully saturated rings. The van der Waals surface area contributed by atoms with Crippen LogP contribution in [0, 0.1) is 11.5 Å². The highest BCUT2D eigenvalue weighted by atomic mass is 32.2. The summed E-state index contributed by atoms with van der Waals surface area (Å²) in [5, 5.41) is 3.89. The molecule has 0 unspecified atom stereocenters. The van der Waals surface area contributed by atoms with Gasteiger partial charge in [0.2, 0.25) is 5.76 Å². The minimum atomic E-state index is -5.95. The first-order valence-electron chi connectivity index (χ1n) is 12.1. The number of halogens is 3. The standard InChI is InChI=1S/C27H25F3O3S5Si/c1-4-39(5-2,6-3)18-15-19(33-38(31,32)27(28,29)30)26(24-13-11-22(36-24)20-9-7-16-34-20)25-14-12-23(37-25)21-10-8-17-35-21/h7-14,16-17H,4-6H2,1-3H3. The number of hydrogen-bond acceptors (Lipinski definition) is 7. The van der Waals surface area contributed by atoms with E-state index in [-0.39, 0.29) is 5.57 Å². The van der Waals surface area contributed by atoms with E-state index in [1.807, 2.05) is 67.9 Å². The SMILES string of the molecule is CC[Si](C#CC(OS(=O)(=O)C(F)(F)F)=C(c1ccc(-c2cccs2)s1)c1ccc(-c2cccs2)s1)(CC)CC. The largest absolute Gasteiger partial charge is 0.534 e. The Kier molecular flexibility index (Phi) is 9.30. The molecule has 4 aromatic heterocycles. The molecule has 3 nitrogen and oxygen atoms in total. The molecule has 39 heavy (non-hydrogen) atoms. The number of rotatable bonds is 9. The zero-order valence-electron chi connectivity index (χ0n) is 21.3. The molecule has 12 heteroatoms. The molecule has 0 saturated carbocycles. The second kappa shape index (κ2) is 12.2. The molecule has 0 aliphatic rings. The number of allylic oxidation sites excluding steroid dienone is 1. The molecule has 0 N–H and O–H groups in total. The molecule has 0 spiro atoms. The molecule has 0 aliphatic heterocycles. The van der Waals surface area contributed by atoms with Crippen molar-refractivity contribution in [2.24, 2.45) is 0 Å². The summed E-state index contributed by atoms with van der Waals surface area (Å²) < 4.78 is 70.2. The van der Waals surface area contributed by atoms with Crippen molar-refractivity contribution in [1.29, 1.82) is 0 Å². The van der Waals surface area contributed by atoms with E-state index in [1.165, 1.54) is 22.7 Å². The molecule has 0 radical (unpaired) electrons. The monoisotopic (exact) mass is 642 g/mol. The van der Waals surface area contributed by atoms with Crippen LogP contribution in [0.25, 0.3) is 25.1 Å². The first-order valence-corrected chi connectivity index (χ1v) is 19.5. The normalized spacial score (nSPS) is 12.2. The van der Waals surface area contributed by atoms with Crippen LogP contribution in [0.2, 0.25) is 18.1 Å². The Bertz CT molecular complexity index is 1510. The van der Waals surface area contributed by atoms with Crippen LogP contribution in [-0.4, -0.2) is 22.0 Å². The molecule has 0 bridgehead atoms. The van der Waals surface area contributed by atoms with Gasteiger partial charge < -0.3 is 4.18 Å². The zero-order valence-corrected chi connectivity index (χ0v) is 26.4. The molecule has 0 amide bonds. The van der Waals surface area contributed by atoms with Gasteiger partial charge in [-0.15, -0.1) is 50.9 Å². The van der Waals surface area contributed by atoms with Crippen molar-refractivity contribution in [3.8, 4) is 31.0 Å². The Hall–Kier alpha value is -2.14. The summed E-state index contributed by atoms with van der Waals surface area (Å²) in [5.41, 5.74) is -2.10. The Balaban J connectivity index is 1.99. The summed E-state index contributed by atoms with van der Waals surface area (Å²) in [4.78, 5) is 4.99. The van der Waals surface area contributed by atoms with Crippen molar-refractivity contribution < 1.29 is 25.8 Å². The summed E-state index contributed by atoms with van der Waals surface area (Å²) in [6, 6.07) is 17.5. The van der Waals surface area contributed by atoms with Crippen LogP contribution < -0.4 is 0 Å². The van der Waals surface area contributed by atoms with Gasteiger partial charge >= 0.3 is 15.6 Å². The predicted octanol–water partition coefficient (Wildman–Crippen LogP) is 9.94. The summed E-state index contributed by atoms with van der Waals surface area (Å²) in [5.74, 6) is 2.35. The van der Waals surface area contributed by atoms with Gasteiger partial charge in [0.15, 0.2) is 0 Å². The quantitative estimate of drug-likeness (QED) is 0.0600. The van der Waals surface area contributed by atoms with Gasteiger partial charge in [0.05, 0.1) is 5.57 Å². The van der Waals surface area contributed by atoms with Gasteiger partial charge in [-0.05, 0) is 71.2 Å². The lowest BCUT2D eigenvalue weighted by atomic mass is 10.1. The van der Waals surface area contributed by atoms with Crippen LogP contribution in [0.15, 0.2) is 65.1 Å². The summed E-state index contributed by atoms with van der Waals surface area (Å²) in [7, 11) is -8.12. The lowest BCUT2D eigenvalue weighted by molar-refractivity contribution is -0.0518. The Morgan fingerprint density at radius 1 is 0.821 bits per heavy atom. The summed E-state index contributed by atoms with van der Waals surface area (Å²) in [6.45, 7) is 6.06. The van der Waals surface area contributed by atoms with Gasteiger partial charge in [0, 0.05) is 29.3 Å². The van der Waals surface area contributed by atoms with Crippen LogP contribution in [-0.2, 0) is 14.3 Å². The highest BCUT2D eigenvalue weighted by Gasteiger charge is 2.49. The van der Waals surface area contributed by atoms with Crippen LogP contribution in [0.3, 0.4) is 0 Å². The maximum atomic E-state index is 13.5. The van der Waals surface area contributed by atoms with Gasteiger partial charge in [-0.3, -0.25) is 0 Å². The minimum absolute atomic E-state index is 0.252. The zero-order chi connectivity index (χ0) is 28.3. The molecule has 0 aliphatic carbocycles. The van der Waals surface area contributed by atoms with E-state index >= 15 is 0 Å². The summed E-state index contributed by atoms with van der Waals surface area (Å²) >= 11 is 5.81. The second-order valence-corrected chi connectivity index (χ2v) is 19.1. The molecular formula is C27H25F3O3S5Si. The van der Waals surface area contributed by atoms with Crippen LogP contribution >= 0.6 is 45.3 Å². The number of thiophene rings is 4. The van der Waals surface area contributed by atoms with Crippen LogP contribution in [0.1, 0.15) is 30.5 Å². The fourth-order valence-electron chi connectivity index (χ4n) is 3.88. The fourth-order valence-corrected chi connectivity index (χ4v) is 10.6. The van der Waals surface area contributed by atoms with Gasteiger partial charge in [-0.25, -0.2) is 0 Å². The maximum absolute atomic E-state index is 13.5. The van der Waals surface area contributed by atoms with E-state index in [0.717, 1.165) is 37.6 Å². The topological polar surface area (TPSA) is 43.4 Å². The van der Waals surface area contributed by atoms with Gasteiger partial charge in [0.1, 0.15) is 8.07 Å². The van der Waals surface area contributed by atoms with Crippen LogP contribution in [0.4, 0.5) is 13.2 Å². The third kappa shape index (κ3) is 6.61.